The molecule has 1 heterocycles. The van der Waals surface area contributed by atoms with Crippen LogP contribution in [0.5, 0.6) is 0 Å². The lowest BCUT2D eigenvalue weighted by Gasteiger charge is -1.96. The second kappa shape index (κ2) is 4.49. The van der Waals surface area contributed by atoms with Gasteiger partial charge in [-0.3, -0.25) is 0 Å². The molecule has 2 aromatic carbocycles. The van der Waals surface area contributed by atoms with E-state index in [-0.39, 0.29) is 0 Å². The van der Waals surface area contributed by atoms with Crippen LogP contribution < -0.4 is 0 Å². The van der Waals surface area contributed by atoms with Gasteiger partial charge in [-0.2, -0.15) is 0 Å². The van der Waals surface area contributed by atoms with Crippen LogP contribution in [0.25, 0.3) is 22.7 Å². The molecular weight excluding hydrogens is 222 g/mol. The Morgan fingerprint density at radius 2 is 1.67 bits per heavy atom. The van der Waals surface area contributed by atoms with Crippen molar-refractivity contribution in [3.8, 4) is 22.7 Å². The summed E-state index contributed by atoms with van der Waals surface area (Å²) < 4.78 is 5.55. The highest BCUT2D eigenvalue weighted by Gasteiger charge is 2.07. The van der Waals surface area contributed by atoms with Gasteiger partial charge in [0.05, 0.1) is 0 Å². The van der Waals surface area contributed by atoms with Crippen LogP contribution in [0.4, 0.5) is 0 Å². The summed E-state index contributed by atoms with van der Waals surface area (Å²) in [4.78, 5) is 4.53. The van der Waals surface area contributed by atoms with Gasteiger partial charge in [0.2, 0.25) is 5.89 Å². The lowest BCUT2D eigenvalue weighted by atomic mass is 10.1. The molecule has 0 aliphatic heterocycles. The maximum atomic E-state index is 5.55. The number of hydrogen-bond acceptors (Lipinski definition) is 2. The second-order valence-corrected chi connectivity index (χ2v) is 4.27. The van der Waals surface area contributed by atoms with Gasteiger partial charge in [-0.05, 0) is 19.1 Å². The largest absolute Gasteiger partial charge is 0.444 e. The summed E-state index contributed by atoms with van der Waals surface area (Å²) in [5.74, 6) is 0.664. The van der Waals surface area contributed by atoms with E-state index >= 15 is 0 Å². The van der Waals surface area contributed by atoms with Gasteiger partial charge in [0.15, 0.2) is 0 Å². The van der Waals surface area contributed by atoms with Crippen molar-refractivity contribution in [2.45, 2.75) is 6.92 Å². The van der Waals surface area contributed by atoms with Crippen LogP contribution in [0.3, 0.4) is 0 Å². The summed E-state index contributed by atoms with van der Waals surface area (Å²) in [6, 6.07) is 18.2. The van der Waals surface area contributed by atoms with Gasteiger partial charge >= 0.3 is 0 Å². The summed E-state index contributed by atoms with van der Waals surface area (Å²) >= 11 is 0. The molecule has 0 atom stereocenters. The van der Waals surface area contributed by atoms with E-state index in [2.05, 4.69) is 24.0 Å². The van der Waals surface area contributed by atoms with Crippen molar-refractivity contribution in [1.82, 2.24) is 4.98 Å². The van der Waals surface area contributed by atoms with Crippen LogP contribution in [-0.4, -0.2) is 4.98 Å². The molecule has 0 spiro atoms. The first-order chi connectivity index (χ1) is 8.83. The predicted octanol–water partition coefficient (Wildman–Crippen LogP) is 4.32. The molecule has 0 unspecified atom stereocenters. The molecule has 3 aromatic rings. The van der Waals surface area contributed by atoms with Gasteiger partial charge in [-0.25, -0.2) is 4.98 Å². The van der Waals surface area contributed by atoms with Gasteiger partial charge in [0.1, 0.15) is 12.0 Å². The van der Waals surface area contributed by atoms with E-state index in [0.29, 0.717) is 5.89 Å². The van der Waals surface area contributed by atoms with Crippen molar-refractivity contribution in [2.75, 3.05) is 0 Å². The smallest absolute Gasteiger partial charge is 0.226 e. The molecule has 0 N–H and O–H groups in total. The molecule has 2 heteroatoms. The van der Waals surface area contributed by atoms with Crippen LogP contribution in [0, 0.1) is 6.92 Å². The topological polar surface area (TPSA) is 26.0 Å². The maximum absolute atomic E-state index is 5.55. The van der Waals surface area contributed by atoms with Gasteiger partial charge < -0.3 is 4.42 Å². The summed E-state index contributed by atoms with van der Waals surface area (Å²) in [6.07, 6.45) is 1.70. The molecule has 0 fully saturated rings. The average molecular weight is 235 g/mol. The SMILES string of the molecule is Cc1cccc(-c2nc(-c3ccccc3)co2)c1. The minimum atomic E-state index is 0.664. The number of benzene rings is 2. The Morgan fingerprint density at radius 3 is 2.44 bits per heavy atom. The Bertz CT molecular complexity index is 656. The van der Waals surface area contributed by atoms with Gasteiger partial charge in [-0.15, -0.1) is 0 Å². The fourth-order valence-corrected chi connectivity index (χ4v) is 1.93. The fraction of sp³-hybridized carbons (Fsp3) is 0.0625. The second-order valence-electron chi connectivity index (χ2n) is 4.27. The van der Waals surface area contributed by atoms with Gasteiger partial charge in [0.25, 0.3) is 0 Å². The molecule has 0 saturated heterocycles. The first-order valence-corrected chi connectivity index (χ1v) is 5.91. The molecule has 18 heavy (non-hydrogen) atoms. The van der Waals surface area contributed by atoms with Crippen LogP contribution >= 0.6 is 0 Å². The van der Waals surface area contributed by atoms with Crippen LogP contribution in [0.1, 0.15) is 5.56 Å². The van der Waals surface area contributed by atoms with E-state index < -0.39 is 0 Å². The molecule has 0 amide bonds. The highest BCUT2D eigenvalue weighted by atomic mass is 16.3. The van der Waals surface area contributed by atoms with E-state index in [9.17, 15) is 0 Å². The summed E-state index contributed by atoms with van der Waals surface area (Å²) in [5, 5.41) is 0. The van der Waals surface area contributed by atoms with E-state index in [1.165, 1.54) is 5.56 Å². The van der Waals surface area contributed by atoms with Gasteiger partial charge in [0, 0.05) is 11.1 Å². The quantitative estimate of drug-likeness (QED) is 0.661. The highest BCUT2D eigenvalue weighted by Crippen LogP contribution is 2.24. The predicted molar refractivity (Wildman–Crippen MR) is 72.1 cm³/mol. The Morgan fingerprint density at radius 1 is 0.889 bits per heavy atom. The molecule has 0 radical (unpaired) electrons. The highest BCUT2D eigenvalue weighted by molar-refractivity contribution is 5.62. The third-order valence-electron chi connectivity index (χ3n) is 2.84. The average Bonchev–Trinajstić information content (AvgIpc) is 2.89. The van der Waals surface area contributed by atoms with Crippen molar-refractivity contribution in [1.29, 1.82) is 0 Å². The summed E-state index contributed by atoms with van der Waals surface area (Å²) in [5.41, 5.74) is 4.15. The van der Waals surface area contributed by atoms with Crippen molar-refractivity contribution < 1.29 is 4.42 Å². The molecule has 88 valence electrons. The molecule has 0 aliphatic carbocycles. The first kappa shape index (κ1) is 10.8. The maximum Gasteiger partial charge on any atom is 0.226 e. The first-order valence-electron chi connectivity index (χ1n) is 5.91. The Labute approximate surface area is 106 Å². The van der Waals surface area contributed by atoms with Crippen molar-refractivity contribution in [3.63, 3.8) is 0 Å². The summed E-state index contributed by atoms with van der Waals surface area (Å²) in [7, 11) is 0. The minimum absolute atomic E-state index is 0.664. The molecule has 3 rings (SSSR count). The Kier molecular flexibility index (Phi) is 2.69. The number of nitrogens with zero attached hydrogens (tertiary/aromatic N) is 1. The van der Waals surface area contributed by atoms with E-state index in [1.807, 2.05) is 42.5 Å². The lowest BCUT2D eigenvalue weighted by Crippen LogP contribution is -1.80. The number of oxazole rings is 1. The van der Waals surface area contributed by atoms with E-state index in [4.69, 9.17) is 4.42 Å². The number of rotatable bonds is 2. The van der Waals surface area contributed by atoms with Crippen LogP contribution in [0.2, 0.25) is 0 Å². The Hall–Kier alpha value is -2.35. The third-order valence-corrected chi connectivity index (χ3v) is 2.84. The molecule has 1 aromatic heterocycles. The normalized spacial score (nSPS) is 10.5. The molecular formula is C16H13NO. The number of aromatic nitrogens is 1. The zero-order chi connectivity index (χ0) is 12.4. The molecule has 0 aliphatic rings. The van der Waals surface area contributed by atoms with Crippen LogP contribution in [0.15, 0.2) is 65.3 Å². The molecule has 0 bridgehead atoms. The van der Waals surface area contributed by atoms with Crippen molar-refractivity contribution in [2.24, 2.45) is 0 Å². The lowest BCUT2D eigenvalue weighted by molar-refractivity contribution is 0.575. The monoisotopic (exact) mass is 235 g/mol. The zero-order valence-corrected chi connectivity index (χ0v) is 10.1. The minimum Gasteiger partial charge on any atom is -0.444 e. The standard InChI is InChI=1S/C16H13NO/c1-12-6-5-9-14(10-12)16-17-15(11-18-16)13-7-3-2-4-8-13/h2-11H,1H3. The summed E-state index contributed by atoms with van der Waals surface area (Å²) in [6.45, 7) is 2.06. The van der Waals surface area contributed by atoms with Crippen LogP contribution in [-0.2, 0) is 0 Å². The fourth-order valence-electron chi connectivity index (χ4n) is 1.93. The van der Waals surface area contributed by atoms with E-state index in [1.54, 1.807) is 6.26 Å². The third kappa shape index (κ3) is 2.05. The van der Waals surface area contributed by atoms with E-state index in [0.717, 1.165) is 16.8 Å². The molecule has 2 nitrogen and oxygen atoms in total. The zero-order valence-electron chi connectivity index (χ0n) is 10.1. The van der Waals surface area contributed by atoms with Crippen molar-refractivity contribution in [3.05, 3.63) is 66.4 Å². The molecule has 0 saturated carbocycles. The number of aryl methyl sites for hydroxylation is 1. The Balaban J connectivity index is 2.00. The van der Waals surface area contributed by atoms with Crippen molar-refractivity contribution >= 4 is 0 Å². The number of hydrogen-bond donors (Lipinski definition) is 0. The van der Waals surface area contributed by atoms with Gasteiger partial charge in [-0.1, -0.05) is 48.0 Å².